The Bertz CT molecular complexity index is 1350. The fourth-order valence-electron chi connectivity index (χ4n) is 5.00. The number of nitrogens with one attached hydrogen (secondary N) is 1. The van der Waals surface area contributed by atoms with E-state index < -0.39 is 0 Å². The average molecular weight is 517 g/mol. The van der Waals surface area contributed by atoms with Gasteiger partial charge in [-0.15, -0.1) is 0 Å². The molecule has 0 saturated carbocycles. The molecule has 0 spiro atoms. The number of hydrogen-bond acceptors (Lipinski definition) is 7. The van der Waals surface area contributed by atoms with Gasteiger partial charge in [-0.1, -0.05) is 56.3 Å². The van der Waals surface area contributed by atoms with Gasteiger partial charge in [0, 0.05) is 35.4 Å². The van der Waals surface area contributed by atoms with Crippen LogP contribution in [0.3, 0.4) is 0 Å². The van der Waals surface area contributed by atoms with Crippen LogP contribution in [0.1, 0.15) is 56.4 Å². The van der Waals surface area contributed by atoms with Gasteiger partial charge in [0.15, 0.2) is 5.65 Å². The van der Waals surface area contributed by atoms with Gasteiger partial charge in [-0.3, -0.25) is 4.98 Å². The third kappa shape index (κ3) is 5.74. The van der Waals surface area contributed by atoms with Crippen LogP contribution in [0, 0.1) is 0 Å². The standard InChI is InChI=1S/C29H33ClN6O/c1-2-3-4-5-6-10-22-25(19-8-7-9-21(30)15-19)26-28(31)34-18-35-29(26)36-27(22)20-11-12-23(33-16-20)24-17-32-13-14-37-24/h7-9,11-12,15-16,18,24,32H,2-6,10,13-14,17H2,1H3,(H2,31,34,35,36). The molecule has 7 nitrogen and oxygen atoms in total. The molecule has 1 aliphatic heterocycles. The zero-order chi connectivity index (χ0) is 25.6. The van der Waals surface area contributed by atoms with Gasteiger partial charge in [0.2, 0.25) is 0 Å². The zero-order valence-corrected chi connectivity index (χ0v) is 22.0. The average Bonchev–Trinajstić information content (AvgIpc) is 2.93. The number of benzene rings is 1. The molecular weight excluding hydrogens is 484 g/mol. The Morgan fingerprint density at radius 3 is 2.70 bits per heavy atom. The SMILES string of the molecule is CCCCCCCc1c(-c2ccc(C3CNCCO3)nc2)nc2ncnc(N)c2c1-c1cccc(Cl)c1. The number of nitrogens with zero attached hydrogens (tertiary/aromatic N) is 4. The molecule has 0 amide bonds. The van der Waals surface area contributed by atoms with E-state index in [9.17, 15) is 0 Å². The molecule has 1 atom stereocenters. The highest BCUT2D eigenvalue weighted by Gasteiger charge is 2.22. The van der Waals surface area contributed by atoms with E-state index in [1.54, 1.807) is 0 Å². The quantitative estimate of drug-likeness (QED) is 0.257. The van der Waals surface area contributed by atoms with Gasteiger partial charge < -0.3 is 15.8 Å². The molecule has 4 heterocycles. The Labute approximate surface area is 222 Å². The summed E-state index contributed by atoms with van der Waals surface area (Å²) >= 11 is 6.44. The van der Waals surface area contributed by atoms with Gasteiger partial charge in [0.1, 0.15) is 18.2 Å². The lowest BCUT2D eigenvalue weighted by Gasteiger charge is -2.23. The van der Waals surface area contributed by atoms with Crippen molar-refractivity contribution < 1.29 is 4.74 Å². The number of fused-ring (bicyclic) bond motifs is 1. The number of ether oxygens (including phenoxy) is 1. The van der Waals surface area contributed by atoms with Crippen molar-refractivity contribution in [2.45, 2.75) is 51.6 Å². The third-order valence-corrected chi connectivity index (χ3v) is 7.11. The highest BCUT2D eigenvalue weighted by Crippen LogP contribution is 2.40. The van der Waals surface area contributed by atoms with Crippen LogP contribution in [0.25, 0.3) is 33.4 Å². The van der Waals surface area contributed by atoms with E-state index in [0.29, 0.717) is 23.1 Å². The van der Waals surface area contributed by atoms with E-state index in [0.717, 1.165) is 71.4 Å². The minimum absolute atomic E-state index is 0.0417. The van der Waals surface area contributed by atoms with Crippen molar-refractivity contribution in [1.29, 1.82) is 0 Å². The van der Waals surface area contributed by atoms with Crippen LogP contribution in [0.4, 0.5) is 5.82 Å². The predicted octanol–water partition coefficient (Wildman–Crippen LogP) is 6.16. The molecule has 1 aliphatic rings. The molecule has 1 saturated heterocycles. The van der Waals surface area contributed by atoms with Gasteiger partial charge in [-0.2, -0.15) is 0 Å². The summed E-state index contributed by atoms with van der Waals surface area (Å²) in [6.07, 6.45) is 10.1. The normalized spacial score (nSPS) is 15.8. The Morgan fingerprint density at radius 2 is 1.95 bits per heavy atom. The molecule has 0 aliphatic carbocycles. The fraction of sp³-hybridized carbons (Fsp3) is 0.379. The number of unbranched alkanes of at least 4 members (excludes halogenated alkanes) is 4. The number of anilines is 1. The summed E-state index contributed by atoms with van der Waals surface area (Å²) in [5.74, 6) is 0.418. The number of nitrogens with two attached hydrogens (primary N) is 1. The Kier molecular flexibility index (Phi) is 8.24. The maximum absolute atomic E-state index is 6.44. The first-order valence-corrected chi connectivity index (χ1v) is 13.5. The van der Waals surface area contributed by atoms with Gasteiger partial charge in [0.25, 0.3) is 0 Å². The number of nitrogen functional groups attached to an aromatic ring is 1. The molecule has 0 radical (unpaired) electrons. The monoisotopic (exact) mass is 516 g/mol. The highest BCUT2D eigenvalue weighted by molar-refractivity contribution is 6.31. The molecule has 3 N–H and O–H groups in total. The van der Waals surface area contributed by atoms with Crippen molar-refractivity contribution in [3.05, 3.63) is 65.2 Å². The van der Waals surface area contributed by atoms with E-state index in [4.69, 9.17) is 32.0 Å². The number of halogens is 1. The van der Waals surface area contributed by atoms with Gasteiger partial charge in [-0.05, 0) is 48.2 Å². The first kappa shape index (κ1) is 25.5. The number of rotatable bonds is 9. The summed E-state index contributed by atoms with van der Waals surface area (Å²) in [5.41, 5.74) is 12.8. The molecule has 8 heteroatoms. The number of pyridine rings is 2. The van der Waals surface area contributed by atoms with Crippen molar-refractivity contribution in [3.8, 4) is 22.4 Å². The second kappa shape index (κ2) is 11.9. The summed E-state index contributed by atoms with van der Waals surface area (Å²) in [4.78, 5) is 18.6. The van der Waals surface area contributed by atoms with E-state index >= 15 is 0 Å². The topological polar surface area (TPSA) is 98.8 Å². The van der Waals surface area contributed by atoms with Crippen molar-refractivity contribution in [2.24, 2.45) is 0 Å². The van der Waals surface area contributed by atoms with Gasteiger partial charge >= 0.3 is 0 Å². The van der Waals surface area contributed by atoms with E-state index in [2.05, 4.69) is 34.3 Å². The van der Waals surface area contributed by atoms with Crippen LogP contribution in [0.2, 0.25) is 5.02 Å². The molecule has 192 valence electrons. The lowest BCUT2D eigenvalue weighted by molar-refractivity contribution is 0.0250. The third-order valence-electron chi connectivity index (χ3n) is 6.87. The highest BCUT2D eigenvalue weighted by atomic mass is 35.5. The molecule has 37 heavy (non-hydrogen) atoms. The number of aromatic nitrogens is 4. The second-order valence-corrected chi connectivity index (χ2v) is 9.92. The van der Waals surface area contributed by atoms with Crippen LogP contribution in [0.5, 0.6) is 0 Å². The van der Waals surface area contributed by atoms with Crippen LogP contribution >= 0.6 is 11.6 Å². The lowest BCUT2D eigenvalue weighted by Crippen LogP contribution is -2.33. The summed E-state index contributed by atoms with van der Waals surface area (Å²) < 4.78 is 5.89. The molecule has 1 unspecified atom stereocenters. The zero-order valence-electron chi connectivity index (χ0n) is 21.2. The predicted molar refractivity (Wildman–Crippen MR) is 149 cm³/mol. The van der Waals surface area contributed by atoms with Crippen molar-refractivity contribution in [3.63, 3.8) is 0 Å². The van der Waals surface area contributed by atoms with E-state index in [1.807, 2.05) is 30.5 Å². The summed E-state index contributed by atoms with van der Waals surface area (Å²) in [7, 11) is 0. The first-order chi connectivity index (χ1) is 18.2. The Balaban J connectivity index is 1.65. The second-order valence-electron chi connectivity index (χ2n) is 9.48. The molecule has 0 bridgehead atoms. The maximum Gasteiger partial charge on any atom is 0.165 e. The first-order valence-electron chi connectivity index (χ1n) is 13.1. The minimum Gasteiger partial charge on any atom is -0.383 e. The van der Waals surface area contributed by atoms with Crippen LogP contribution in [-0.4, -0.2) is 39.6 Å². The number of hydrogen-bond donors (Lipinski definition) is 2. The van der Waals surface area contributed by atoms with Crippen LogP contribution in [-0.2, 0) is 11.2 Å². The van der Waals surface area contributed by atoms with E-state index in [1.165, 1.54) is 25.6 Å². The molecule has 1 fully saturated rings. The Hall–Kier alpha value is -3.13. The molecule has 1 aromatic carbocycles. The van der Waals surface area contributed by atoms with Gasteiger partial charge in [0.05, 0.1) is 23.4 Å². The molecule has 5 rings (SSSR count). The summed E-state index contributed by atoms with van der Waals surface area (Å²) in [6, 6.07) is 12.0. The van der Waals surface area contributed by atoms with E-state index in [-0.39, 0.29) is 6.10 Å². The smallest absolute Gasteiger partial charge is 0.165 e. The van der Waals surface area contributed by atoms with Crippen LogP contribution in [0.15, 0.2) is 48.9 Å². The maximum atomic E-state index is 6.44. The van der Waals surface area contributed by atoms with Gasteiger partial charge in [-0.25, -0.2) is 15.0 Å². The molecular formula is C29H33ClN6O. The van der Waals surface area contributed by atoms with Crippen LogP contribution < -0.4 is 11.1 Å². The van der Waals surface area contributed by atoms with Crippen molar-refractivity contribution in [2.75, 3.05) is 25.4 Å². The number of morpholine rings is 1. The largest absolute Gasteiger partial charge is 0.383 e. The van der Waals surface area contributed by atoms with Crippen molar-refractivity contribution >= 4 is 28.5 Å². The fourth-order valence-corrected chi connectivity index (χ4v) is 5.19. The summed E-state index contributed by atoms with van der Waals surface area (Å²) in [6.45, 7) is 4.55. The molecule has 4 aromatic rings. The molecule has 3 aromatic heterocycles. The Morgan fingerprint density at radius 1 is 1.05 bits per heavy atom. The summed E-state index contributed by atoms with van der Waals surface area (Å²) in [5, 5.41) is 4.80. The minimum atomic E-state index is -0.0417. The van der Waals surface area contributed by atoms with Crippen molar-refractivity contribution in [1.82, 2.24) is 25.3 Å². The lowest BCUT2D eigenvalue weighted by atomic mass is 9.90.